The van der Waals surface area contributed by atoms with Crippen molar-refractivity contribution in [2.45, 2.75) is 32.6 Å². The molecule has 1 rings (SSSR count). The molecular formula is C14H19Cl2NOS. The van der Waals surface area contributed by atoms with Gasteiger partial charge in [-0.3, -0.25) is 4.79 Å². The van der Waals surface area contributed by atoms with E-state index >= 15 is 0 Å². The summed E-state index contributed by atoms with van der Waals surface area (Å²) in [5, 5.41) is 4.25. The lowest BCUT2D eigenvalue weighted by Crippen LogP contribution is -2.37. The Labute approximate surface area is 129 Å². The van der Waals surface area contributed by atoms with Crippen molar-refractivity contribution in [3.05, 3.63) is 33.8 Å². The predicted octanol–water partition coefficient (Wildman–Crippen LogP) is 4.39. The van der Waals surface area contributed by atoms with Gasteiger partial charge in [0.15, 0.2) is 0 Å². The third kappa shape index (κ3) is 6.07. The van der Waals surface area contributed by atoms with E-state index in [0.29, 0.717) is 27.5 Å². The quantitative estimate of drug-likeness (QED) is 0.842. The summed E-state index contributed by atoms with van der Waals surface area (Å²) in [6, 6.07) is 5.63. The highest BCUT2D eigenvalue weighted by atomic mass is 35.5. The number of carbonyl (C=O) groups excluding carboxylic acids is 1. The molecule has 0 unspecified atom stereocenters. The highest BCUT2D eigenvalue weighted by molar-refractivity contribution is 7.99. The monoisotopic (exact) mass is 319 g/mol. The Bertz CT molecular complexity index is 437. The first-order valence-electron chi connectivity index (χ1n) is 6.21. The lowest BCUT2D eigenvalue weighted by Gasteiger charge is -2.17. The van der Waals surface area contributed by atoms with E-state index in [1.54, 1.807) is 17.8 Å². The summed E-state index contributed by atoms with van der Waals surface area (Å²) in [6.07, 6.45) is 0. The minimum absolute atomic E-state index is 0.0660. The van der Waals surface area contributed by atoms with Gasteiger partial charge in [0.2, 0.25) is 5.91 Å². The summed E-state index contributed by atoms with van der Waals surface area (Å²) in [5.74, 6) is 1.66. The fourth-order valence-corrected chi connectivity index (χ4v) is 2.75. The van der Waals surface area contributed by atoms with E-state index in [2.05, 4.69) is 19.2 Å². The number of carbonyl (C=O) groups is 1. The Balaban J connectivity index is 2.36. The highest BCUT2D eigenvalue weighted by Gasteiger charge is 2.11. The van der Waals surface area contributed by atoms with Crippen LogP contribution in [0.5, 0.6) is 0 Å². The molecule has 0 aliphatic heterocycles. The van der Waals surface area contributed by atoms with Gasteiger partial charge in [0.25, 0.3) is 0 Å². The molecule has 1 amide bonds. The van der Waals surface area contributed by atoms with Crippen molar-refractivity contribution in [2.24, 2.45) is 5.92 Å². The zero-order chi connectivity index (χ0) is 14.4. The molecule has 0 aliphatic carbocycles. The molecule has 0 spiro atoms. The first-order chi connectivity index (χ1) is 8.90. The number of thioether (sulfide) groups is 1. The summed E-state index contributed by atoms with van der Waals surface area (Å²) in [5.41, 5.74) is 1.00. The number of halogens is 2. The topological polar surface area (TPSA) is 29.1 Å². The molecule has 0 heterocycles. The second kappa shape index (κ2) is 8.03. The molecule has 2 nitrogen and oxygen atoms in total. The van der Waals surface area contributed by atoms with Crippen LogP contribution in [0, 0.1) is 5.92 Å². The predicted molar refractivity (Wildman–Crippen MR) is 85.1 cm³/mol. The van der Waals surface area contributed by atoms with Crippen LogP contribution in [0.2, 0.25) is 10.0 Å². The number of nitrogens with one attached hydrogen (secondary N) is 1. The van der Waals surface area contributed by atoms with Gasteiger partial charge in [-0.15, -0.1) is 11.8 Å². The maximum atomic E-state index is 11.7. The fourth-order valence-electron chi connectivity index (χ4n) is 1.35. The molecule has 1 aromatic rings. The molecule has 0 saturated carbocycles. The third-order valence-corrected chi connectivity index (χ3v) is 4.46. The summed E-state index contributed by atoms with van der Waals surface area (Å²) < 4.78 is 0. The van der Waals surface area contributed by atoms with E-state index in [0.717, 1.165) is 5.56 Å². The maximum absolute atomic E-state index is 11.7. The summed E-state index contributed by atoms with van der Waals surface area (Å²) in [7, 11) is 0. The summed E-state index contributed by atoms with van der Waals surface area (Å²) in [4.78, 5) is 11.7. The van der Waals surface area contributed by atoms with Crippen molar-refractivity contribution in [1.29, 1.82) is 0 Å². The van der Waals surface area contributed by atoms with Crippen LogP contribution in [0.1, 0.15) is 26.3 Å². The lowest BCUT2D eigenvalue weighted by molar-refractivity contribution is -0.119. The largest absolute Gasteiger partial charge is 0.353 e. The number of benzene rings is 1. The minimum atomic E-state index is 0.0660. The molecule has 0 radical (unpaired) electrons. The van der Waals surface area contributed by atoms with E-state index < -0.39 is 0 Å². The second-order valence-electron chi connectivity index (χ2n) is 4.83. The SMILES string of the molecule is CC(C)[C@H](C)NC(=O)CSCc1ccc(Cl)cc1Cl. The number of amides is 1. The van der Waals surface area contributed by atoms with Gasteiger partial charge in [-0.25, -0.2) is 0 Å². The van der Waals surface area contributed by atoms with Crippen LogP contribution in [0.4, 0.5) is 0 Å². The summed E-state index contributed by atoms with van der Waals surface area (Å²) in [6.45, 7) is 6.19. The minimum Gasteiger partial charge on any atom is -0.353 e. The Hall–Kier alpha value is -0.380. The van der Waals surface area contributed by atoms with E-state index in [-0.39, 0.29) is 11.9 Å². The van der Waals surface area contributed by atoms with Crippen LogP contribution in [0.3, 0.4) is 0 Å². The van der Waals surface area contributed by atoms with E-state index in [1.807, 2.05) is 19.1 Å². The van der Waals surface area contributed by atoms with Crippen molar-refractivity contribution in [2.75, 3.05) is 5.75 Å². The van der Waals surface area contributed by atoms with Gasteiger partial charge in [0.1, 0.15) is 0 Å². The summed E-state index contributed by atoms with van der Waals surface area (Å²) >= 11 is 13.5. The van der Waals surface area contributed by atoms with Gasteiger partial charge in [0.05, 0.1) is 5.75 Å². The van der Waals surface area contributed by atoms with Gasteiger partial charge < -0.3 is 5.32 Å². The first-order valence-corrected chi connectivity index (χ1v) is 8.12. The zero-order valence-electron chi connectivity index (χ0n) is 11.4. The van der Waals surface area contributed by atoms with Crippen molar-refractivity contribution < 1.29 is 4.79 Å². The van der Waals surface area contributed by atoms with E-state index in [1.165, 1.54) is 0 Å². The Morgan fingerprint density at radius 1 is 1.32 bits per heavy atom. The number of rotatable bonds is 6. The molecule has 0 bridgehead atoms. The van der Waals surface area contributed by atoms with Crippen LogP contribution in [0.25, 0.3) is 0 Å². The molecule has 106 valence electrons. The third-order valence-electron chi connectivity index (χ3n) is 2.89. The van der Waals surface area contributed by atoms with Crippen molar-refractivity contribution in [3.8, 4) is 0 Å². The van der Waals surface area contributed by atoms with Crippen molar-refractivity contribution in [1.82, 2.24) is 5.32 Å². The van der Waals surface area contributed by atoms with E-state index in [9.17, 15) is 4.79 Å². The fraction of sp³-hybridized carbons (Fsp3) is 0.500. The van der Waals surface area contributed by atoms with Crippen LogP contribution < -0.4 is 5.32 Å². The van der Waals surface area contributed by atoms with Crippen molar-refractivity contribution in [3.63, 3.8) is 0 Å². The molecule has 0 saturated heterocycles. The van der Waals surface area contributed by atoms with Crippen molar-refractivity contribution >= 4 is 40.9 Å². The molecule has 0 fully saturated rings. The molecule has 0 aliphatic rings. The van der Waals surface area contributed by atoms with Crippen LogP contribution in [0.15, 0.2) is 18.2 Å². The number of hydrogen-bond acceptors (Lipinski definition) is 2. The Morgan fingerprint density at radius 3 is 2.58 bits per heavy atom. The van der Waals surface area contributed by atoms with Crippen LogP contribution in [-0.4, -0.2) is 17.7 Å². The first kappa shape index (κ1) is 16.7. The van der Waals surface area contributed by atoms with Gasteiger partial charge in [0, 0.05) is 21.8 Å². The molecule has 1 N–H and O–H groups in total. The van der Waals surface area contributed by atoms with Gasteiger partial charge >= 0.3 is 0 Å². The van der Waals surface area contributed by atoms with Gasteiger partial charge in [-0.2, -0.15) is 0 Å². The second-order valence-corrected chi connectivity index (χ2v) is 6.66. The molecule has 19 heavy (non-hydrogen) atoms. The molecular weight excluding hydrogens is 301 g/mol. The molecule has 5 heteroatoms. The molecule has 1 atom stereocenters. The van der Waals surface area contributed by atoms with E-state index in [4.69, 9.17) is 23.2 Å². The van der Waals surface area contributed by atoms with Crippen LogP contribution in [-0.2, 0) is 10.5 Å². The van der Waals surface area contributed by atoms with Gasteiger partial charge in [-0.05, 0) is 30.5 Å². The maximum Gasteiger partial charge on any atom is 0.230 e. The average Bonchev–Trinajstić information content (AvgIpc) is 2.31. The average molecular weight is 320 g/mol. The zero-order valence-corrected chi connectivity index (χ0v) is 13.7. The normalized spacial score (nSPS) is 12.5. The Kier molecular flexibility index (Phi) is 7.05. The molecule has 0 aromatic heterocycles. The number of hydrogen-bond donors (Lipinski definition) is 1. The Morgan fingerprint density at radius 2 is 2.00 bits per heavy atom. The van der Waals surface area contributed by atoms with Crippen LogP contribution >= 0.6 is 35.0 Å². The smallest absolute Gasteiger partial charge is 0.230 e. The molecule has 1 aromatic carbocycles. The highest BCUT2D eigenvalue weighted by Crippen LogP contribution is 2.24. The standard InChI is InChI=1S/C14H19Cl2NOS/c1-9(2)10(3)17-14(18)8-19-7-11-4-5-12(15)6-13(11)16/h4-6,9-10H,7-8H2,1-3H3,(H,17,18)/t10-/m0/s1. The van der Waals surface area contributed by atoms with Gasteiger partial charge in [-0.1, -0.05) is 43.1 Å². The lowest BCUT2D eigenvalue weighted by atomic mass is 10.1.